The summed E-state index contributed by atoms with van der Waals surface area (Å²) >= 11 is 0. The molecule has 4 heterocycles. The number of H-pyrrole nitrogens is 1. The summed E-state index contributed by atoms with van der Waals surface area (Å²) in [7, 11) is 0. The number of hydrogen-bond acceptors (Lipinski definition) is 6. The number of hydrogen-bond donors (Lipinski definition) is 1. The number of nitrogens with one attached hydrogen (secondary N) is 1. The first kappa shape index (κ1) is 18.0. The lowest BCUT2D eigenvalue weighted by Crippen LogP contribution is -2.46. The summed E-state index contributed by atoms with van der Waals surface area (Å²) < 4.78 is 1.90. The second kappa shape index (κ2) is 7.09. The summed E-state index contributed by atoms with van der Waals surface area (Å²) in [5.74, 6) is 0.323. The van der Waals surface area contributed by atoms with Crippen LogP contribution >= 0.6 is 0 Å². The maximum atomic E-state index is 9.37. The lowest BCUT2D eigenvalue weighted by atomic mass is 9.66. The fraction of sp³-hybridized carbons (Fsp3) is 0.273. The molecule has 0 aliphatic heterocycles. The van der Waals surface area contributed by atoms with E-state index in [1.807, 2.05) is 29.1 Å². The van der Waals surface area contributed by atoms with Gasteiger partial charge >= 0.3 is 0 Å². The molecule has 0 spiro atoms. The molecule has 0 bridgehead atoms. The van der Waals surface area contributed by atoms with Gasteiger partial charge in [0.25, 0.3) is 0 Å². The van der Waals surface area contributed by atoms with Crippen LogP contribution in [0.15, 0.2) is 49.2 Å². The Bertz CT molecular complexity index is 1280. The first-order chi connectivity index (χ1) is 14.7. The van der Waals surface area contributed by atoms with Crippen LogP contribution in [-0.2, 0) is 5.54 Å². The number of nitriles is 2. The van der Waals surface area contributed by atoms with Crippen LogP contribution in [0.1, 0.15) is 25.7 Å². The van der Waals surface area contributed by atoms with Gasteiger partial charge in [-0.25, -0.2) is 4.98 Å². The molecule has 0 saturated heterocycles. The quantitative estimate of drug-likeness (QED) is 0.549. The van der Waals surface area contributed by atoms with E-state index in [1.54, 1.807) is 24.8 Å². The van der Waals surface area contributed by atoms with Crippen LogP contribution in [0.4, 0.5) is 0 Å². The highest BCUT2D eigenvalue weighted by Gasteiger charge is 2.46. The number of fused-ring (bicyclic) bond motifs is 1. The van der Waals surface area contributed by atoms with Crippen LogP contribution in [0.3, 0.4) is 0 Å². The third-order valence-corrected chi connectivity index (χ3v) is 5.86. The number of aromatic amines is 1. The Morgan fingerprint density at radius 2 is 2.10 bits per heavy atom. The third kappa shape index (κ3) is 2.90. The number of pyridine rings is 2. The Balaban J connectivity index is 1.58. The van der Waals surface area contributed by atoms with Gasteiger partial charge in [0, 0.05) is 41.5 Å². The van der Waals surface area contributed by atoms with E-state index >= 15 is 0 Å². The summed E-state index contributed by atoms with van der Waals surface area (Å²) in [5, 5.41) is 30.7. The van der Waals surface area contributed by atoms with Gasteiger partial charge in [-0.2, -0.15) is 20.7 Å². The van der Waals surface area contributed by atoms with Crippen molar-refractivity contribution in [2.45, 2.75) is 31.2 Å². The van der Waals surface area contributed by atoms with Crippen molar-refractivity contribution in [3.63, 3.8) is 0 Å². The zero-order valence-electron chi connectivity index (χ0n) is 16.2. The molecule has 0 amide bonds. The van der Waals surface area contributed by atoms with Crippen LogP contribution in [0.2, 0.25) is 0 Å². The first-order valence-electron chi connectivity index (χ1n) is 9.77. The minimum Gasteiger partial charge on any atom is -0.285 e. The molecule has 1 fully saturated rings. The summed E-state index contributed by atoms with van der Waals surface area (Å²) in [5.41, 5.74) is 3.83. The fourth-order valence-electron chi connectivity index (χ4n) is 4.39. The highest BCUT2D eigenvalue weighted by Crippen LogP contribution is 2.48. The molecule has 0 aromatic carbocycles. The van der Waals surface area contributed by atoms with Crippen molar-refractivity contribution < 1.29 is 0 Å². The van der Waals surface area contributed by atoms with Gasteiger partial charge in [0.05, 0.1) is 53.4 Å². The van der Waals surface area contributed by atoms with Crippen molar-refractivity contribution >= 4 is 10.9 Å². The molecule has 5 rings (SSSR count). The maximum Gasteiger partial charge on any atom is 0.0835 e. The Hall–Kier alpha value is -4.04. The summed E-state index contributed by atoms with van der Waals surface area (Å²) in [6.07, 6.45) is 11.5. The van der Waals surface area contributed by atoms with Gasteiger partial charge in [-0.15, -0.1) is 0 Å². The van der Waals surface area contributed by atoms with E-state index in [2.05, 4.69) is 32.4 Å². The van der Waals surface area contributed by atoms with E-state index in [-0.39, 0.29) is 5.54 Å². The van der Waals surface area contributed by atoms with Crippen LogP contribution in [-0.4, -0.2) is 29.9 Å². The van der Waals surface area contributed by atoms with E-state index in [4.69, 9.17) is 10.2 Å². The average molecular weight is 394 g/mol. The molecular formula is C22H18N8. The number of aromatic nitrogens is 6. The average Bonchev–Trinajstić information content (AvgIpc) is 3.44. The number of rotatable bonds is 5. The predicted octanol–water partition coefficient (Wildman–Crippen LogP) is 3.82. The van der Waals surface area contributed by atoms with Crippen LogP contribution < -0.4 is 0 Å². The molecular weight excluding hydrogens is 376 g/mol. The standard InChI is InChI=1S/C22H18N8/c23-5-3-15-9-22(10-15,4-6-24)30-14-17(13-28-30)21-18-2-1-7-25-20(18)8-19(29-21)16-11-26-27-12-16/h1-2,7-8,11-15H,3-4,9-10H2,(H,26,27)/t15-,22+. The van der Waals surface area contributed by atoms with Crippen LogP contribution in [0.5, 0.6) is 0 Å². The number of nitrogens with zero attached hydrogens (tertiary/aromatic N) is 7. The summed E-state index contributed by atoms with van der Waals surface area (Å²) in [6.45, 7) is 0. The van der Waals surface area contributed by atoms with Gasteiger partial charge in [0.1, 0.15) is 0 Å². The highest BCUT2D eigenvalue weighted by atomic mass is 15.3. The normalized spacial score (nSPS) is 20.4. The second-order valence-corrected chi connectivity index (χ2v) is 7.78. The molecule has 4 aromatic rings. The van der Waals surface area contributed by atoms with E-state index in [9.17, 15) is 5.26 Å². The molecule has 0 radical (unpaired) electrons. The largest absolute Gasteiger partial charge is 0.285 e. The zero-order chi connectivity index (χ0) is 20.6. The van der Waals surface area contributed by atoms with E-state index < -0.39 is 0 Å². The molecule has 0 atom stereocenters. The van der Waals surface area contributed by atoms with Crippen LogP contribution in [0, 0.1) is 28.6 Å². The van der Waals surface area contributed by atoms with Gasteiger partial charge in [-0.3, -0.25) is 14.8 Å². The van der Waals surface area contributed by atoms with Gasteiger partial charge < -0.3 is 0 Å². The zero-order valence-corrected chi connectivity index (χ0v) is 16.2. The SMILES string of the molecule is N#CC[C@H]1C[C@@](CC#N)(n2cc(-c3nc(-c4cn[nH]c4)cc4ncccc34)cn2)C1. The van der Waals surface area contributed by atoms with Crippen molar-refractivity contribution in [1.29, 1.82) is 10.5 Å². The van der Waals surface area contributed by atoms with Crippen molar-refractivity contribution in [1.82, 2.24) is 29.9 Å². The maximum absolute atomic E-state index is 9.37. The van der Waals surface area contributed by atoms with Crippen LogP contribution in [0.25, 0.3) is 33.4 Å². The smallest absolute Gasteiger partial charge is 0.0835 e. The Morgan fingerprint density at radius 1 is 1.20 bits per heavy atom. The topological polar surface area (TPSA) is 120 Å². The molecule has 146 valence electrons. The lowest BCUT2D eigenvalue weighted by Gasteiger charge is -2.45. The minimum atomic E-state index is -0.343. The highest BCUT2D eigenvalue weighted by molar-refractivity contribution is 5.94. The molecule has 4 aromatic heterocycles. The van der Waals surface area contributed by atoms with Gasteiger partial charge in [0.2, 0.25) is 0 Å². The predicted molar refractivity (Wildman–Crippen MR) is 109 cm³/mol. The Morgan fingerprint density at radius 3 is 2.87 bits per heavy atom. The molecule has 1 saturated carbocycles. The molecule has 8 heteroatoms. The van der Waals surface area contributed by atoms with E-state index in [1.165, 1.54) is 0 Å². The fourth-order valence-corrected chi connectivity index (χ4v) is 4.39. The molecule has 1 aliphatic carbocycles. The lowest BCUT2D eigenvalue weighted by molar-refractivity contribution is 0.0599. The second-order valence-electron chi connectivity index (χ2n) is 7.78. The minimum absolute atomic E-state index is 0.323. The van der Waals surface area contributed by atoms with E-state index in [0.29, 0.717) is 18.8 Å². The van der Waals surface area contributed by atoms with Crippen molar-refractivity contribution in [3.05, 3.63) is 49.2 Å². The monoisotopic (exact) mass is 394 g/mol. The van der Waals surface area contributed by atoms with Gasteiger partial charge in [-0.1, -0.05) is 0 Å². The molecule has 0 unspecified atom stereocenters. The van der Waals surface area contributed by atoms with Crippen molar-refractivity contribution in [2.24, 2.45) is 5.92 Å². The molecule has 8 nitrogen and oxygen atoms in total. The molecule has 30 heavy (non-hydrogen) atoms. The van der Waals surface area contributed by atoms with Gasteiger partial charge in [-0.05, 0) is 37.0 Å². The van der Waals surface area contributed by atoms with Gasteiger partial charge in [0.15, 0.2) is 0 Å². The molecule has 1 aliphatic rings. The third-order valence-electron chi connectivity index (χ3n) is 5.86. The summed E-state index contributed by atoms with van der Waals surface area (Å²) in [4.78, 5) is 9.39. The Labute approximate surface area is 172 Å². The first-order valence-corrected chi connectivity index (χ1v) is 9.77. The summed E-state index contributed by atoms with van der Waals surface area (Å²) in [6, 6.07) is 10.4. The van der Waals surface area contributed by atoms with E-state index in [0.717, 1.165) is 46.3 Å². The Kier molecular flexibility index (Phi) is 4.26. The van der Waals surface area contributed by atoms with Crippen molar-refractivity contribution in [3.8, 4) is 34.7 Å². The van der Waals surface area contributed by atoms with Crippen molar-refractivity contribution in [2.75, 3.05) is 0 Å². The molecule has 1 N–H and O–H groups in total.